The first-order valence-corrected chi connectivity index (χ1v) is 9.94. The number of hydrogen-bond donors (Lipinski definition) is 1. The molecule has 0 saturated carbocycles. The number of ether oxygens (including phenoxy) is 1. The average Bonchev–Trinajstić information content (AvgIpc) is 2.88. The van der Waals surface area contributed by atoms with Crippen LogP contribution < -0.4 is 5.32 Å². The molecule has 0 spiro atoms. The maximum atomic E-state index is 12.9. The Morgan fingerprint density at radius 3 is 2.52 bits per heavy atom. The Hall–Kier alpha value is -1.40. The van der Waals surface area contributed by atoms with Gasteiger partial charge in [0.1, 0.15) is 0 Å². The van der Waals surface area contributed by atoms with E-state index < -0.39 is 15.3 Å². The van der Waals surface area contributed by atoms with Gasteiger partial charge in [0, 0.05) is 19.3 Å². The summed E-state index contributed by atoms with van der Waals surface area (Å²) >= 11 is 0. The van der Waals surface area contributed by atoms with E-state index in [-0.39, 0.29) is 23.5 Å². The molecule has 0 radical (unpaired) electrons. The standard InChI is InChI=1S/C17H23NO4S/c19-16(18-15-6-11-23(20,21)13-15)17(7-9-22-10-8-17)12-14-4-2-1-3-5-14/h1-5,15H,6-13H2,(H,18,19). The van der Waals surface area contributed by atoms with E-state index >= 15 is 0 Å². The van der Waals surface area contributed by atoms with Crippen LogP contribution in [0, 0.1) is 5.41 Å². The lowest BCUT2D eigenvalue weighted by atomic mass is 9.74. The van der Waals surface area contributed by atoms with E-state index in [9.17, 15) is 13.2 Å². The summed E-state index contributed by atoms with van der Waals surface area (Å²) in [5.74, 6) is 0.218. The van der Waals surface area contributed by atoms with Crippen molar-refractivity contribution in [2.45, 2.75) is 31.7 Å². The molecule has 1 aromatic carbocycles. The molecule has 0 bridgehead atoms. The van der Waals surface area contributed by atoms with Gasteiger partial charge < -0.3 is 10.1 Å². The fourth-order valence-corrected chi connectivity index (χ4v) is 5.15. The summed E-state index contributed by atoms with van der Waals surface area (Å²) in [5, 5.41) is 2.99. The molecule has 0 aliphatic carbocycles. The molecule has 23 heavy (non-hydrogen) atoms. The van der Waals surface area contributed by atoms with Gasteiger partial charge in [-0.05, 0) is 31.2 Å². The number of sulfone groups is 1. The van der Waals surface area contributed by atoms with Gasteiger partial charge in [-0.2, -0.15) is 0 Å². The van der Waals surface area contributed by atoms with Gasteiger partial charge in [0.25, 0.3) is 0 Å². The van der Waals surface area contributed by atoms with Crippen LogP contribution in [0.15, 0.2) is 30.3 Å². The zero-order chi connectivity index (χ0) is 16.3. The van der Waals surface area contributed by atoms with Crippen molar-refractivity contribution in [3.8, 4) is 0 Å². The van der Waals surface area contributed by atoms with Gasteiger partial charge in [-0.3, -0.25) is 4.79 Å². The lowest BCUT2D eigenvalue weighted by Gasteiger charge is -2.36. The maximum absolute atomic E-state index is 12.9. The highest BCUT2D eigenvalue weighted by molar-refractivity contribution is 7.91. The molecule has 5 nitrogen and oxygen atoms in total. The van der Waals surface area contributed by atoms with Gasteiger partial charge in [0.2, 0.25) is 5.91 Å². The first kappa shape index (κ1) is 16.5. The third kappa shape index (κ3) is 3.93. The molecule has 126 valence electrons. The highest BCUT2D eigenvalue weighted by Gasteiger charge is 2.42. The molecule has 2 aliphatic rings. The van der Waals surface area contributed by atoms with E-state index in [1.165, 1.54) is 0 Å². The van der Waals surface area contributed by atoms with E-state index in [2.05, 4.69) is 5.32 Å². The molecule has 0 aromatic heterocycles. The van der Waals surface area contributed by atoms with Gasteiger partial charge in [0.05, 0.1) is 16.9 Å². The van der Waals surface area contributed by atoms with Gasteiger partial charge in [0.15, 0.2) is 9.84 Å². The number of carbonyl (C=O) groups is 1. The van der Waals surface area contributed by atoms with Crippen molar-refractivity contribution in [3.05, 3.63) is 35.9 Å². The third-order valence-corrected chi connectivity index (χ3v) is 6.65. The first-order chi connectivity index (χ1) is 11.0. The van der Waals surface area contributed by atoms with Crippen LogP contribution in [0.2, 0.25) is 0 Å². The summed E-state index contributed by atoms with van der Waals surface area (Å²) in [6.07, 6.45) is 2.54. The maximum Gasteiger partial charge on any atom is 0.226 e. The number of carbonyl (C=O) groups excluding carboxylic acids is 1. The van der Waals surface area contributed by atoms with Crippen LogP contribution >= 0.6 is 0 Å². The van der Waals surface area contributed by atoms with Crippen LogP contribution in [0.1, 0.15) is 24.8 Å². The second-order valence-corrected chi connectivity index (χ2v) is 8.86. The molecule has 1 aromatic rings. The van der Waals surface area contributed by atoms with Crippen molar-refractivity contribution in [2.75, 3.05) is 24.7 Å². The third-order valence-electron chi connectivity index (χ3n) is 4.88. The fourth-order valence-electron chi connectivity index (χ4n) is 3.48. The lowest BCUT2D eigenvalue weighted by molar-refractivity contribution is -0.137. The van der Waals surface area contributed by atoms with E-state index in [0.29, 0.717) is 38.9 Å². The van der Waals surface area contributed by atoms with Gasteiger partial charge >= 0.3 is 0 Å². The summed E-state index contributed by atoms with van der Waals surface area (Å²) in [6.45, 7) is 1.15. The van der Waals surface area contributed by atoms with Gasteiger partial charge in [-0.25, -0.2) is 8.42 Å². The molecule has 1 amide bonds. The number of rotatable bonds is 4. The summed E-state index contributed by atoms with van der Waals surface area (Å²) in [5.41, 5.74) is 0.634. The zero-order valence-electron chi connectivity index (χ0n) is 13.2. The Balaban J connectivity index is 1.74. The Morgan fingerprint density at radius 1 is 1.22 bits per heavy atom. The number of benzene rings is 1. The highest BCUT2D eigenvalue weighted by atomic mass is 32.2. The van der Waals surface area contributed by atoms with Crippen molar-refractivity contribution in [1.82, 2.24) is 5.32 Å². The van der Waals surface area contributed by atoms with Crippen molar-refractivity contribution < 1.29 is 17.9 Å². The largest absolute Gasteiger partial charge is 0.381 e. The molecule has 3 rings (SSSR count). The van der Waals surface area contributed by atoms with Crippen LogP contribution in [-0.4, -0.2) is 45.1 Å². The number of amides is 1. The first-order valence-electron chi connectivity index (χ1n) is 8.12. The van der Waals surface area contributed by atoms with Crippen LogP contribution in [0.25, 0.3) is 0 Å². The van der Waals surface area contributed by atoms with E-state index in [0.717, 1.165) is 5.56 Å². The summed E-state index contributed by atoms with van der Waals surface area (Å²) in [6, 6.07) is 9.73. The molecule has 1 unspecified atom stereocenters. The normalized spacial score (nSPS) is 25.8. The molecule has 6 heteroatoms. The van der Waals surface area contributed by atoms with Crippen LogP contribution in [0.3, 0.4) is 0 Å². The van der Waals surface area contributed by atoms with E-state index in [1.54, 1.807) is 0 Å². The van der Waals surface area contributed by atoms with Crippen LogP contribution in [-0.2, 0) is 25.8 Å². The van der Waals surface area contributed by atoms with Crippen molar-refractivity contribution in [3.63, 3.8) is 0 Å². The van der Waals surface area contributed by atoms with E-state index in [4.69, 9.17) is 4.74 Å². The second kappa shape index (κ2) is 6.61. The Kier molecular flexibility index (Phi) is 4.73. The topological polar surface area (TPSA) is 72.5 Å². The van der Waals surface area contributed by atoms with Crippen molar-refractivity contribution in [1.29, 1.82) is 0 Å². The molecule has 2 aliphatic heterocycles. The Morgan fingerprint density at radius 2 is 1.91 bits per heavy atom. The SMILES string of the molecule is O=C(NC1CCS(=O)(=O)C1)C1(Cc2ccccc2)CCOCC1. The second-order valence-electron chi connectivity index (χ2n) is 6.63. The predicted molar refractivity (Wildman–Crippen MR) is 87.8 cm³/mol. The molecule has 2 saturated heterocycles. The van der Waals surface area contributed by atoms with E-state index in [1.807, 2.05) is 30.3 Å². The Bertz CT molecular complexity index is 650. The molecule has 1 N–H and O–H groups in total. The van der Waals surface area contributed by atoms with Crippen molar-refractivity contribution >= 4 is 15.7 Å². The Labute approximate surface area is 137 Å². The van der Waals surface area contributed by atoms with Crippen LogP contribution in [0.5, 0.6) is 0 Å². The summed E-state index contributed by atoms with van der Waals surface area (Å²) < 4.78 is 28.6. The predicted octanol–water partition coefficient (Wildman–Crippen LogP) is 1.33. The van der Waals surface area contributed by atoms with Gasteiger partial charge in [-0.15, -0.1) is 0 Å². The van der Waals surface area contributed by atoms with Gasteiger partial charge in [-0.1, -0.05) is 30.3 Å². The lowest BCUT2D eigenvalue weighted by Crippen LogP contribution is -2.49. The minimum atomic E-state index is -2.99. The minimum absolute atomic E-state index is 0.0215. The zero-order valence-corrected chi connectivity index (χ0v) is 14.0. The smallest absolute Gasteiger partial charge is 0.226 e. The minimum Gasteiger partial charge on any atom is -0.381 e. The van der Waals surface area contributed by atoms with Crippen molar-refractivity contribution in [2.24, 2.45) is 5.41 Å². The molecule has 1 atom stereocenters. The molecule has 2 heterocycles. The molecule has 2 fully saturated rings. The highest BCUT2D eigenvalue weighted by Crippen LogP contribution is 2.35. The molecular formula is C17H23NO4S. The van der Waals surface area contributed by atoms with Crippen LogP contribution in [0.4, 0.5) is 0 Å². The molecular weight excluding hydrogens is 314 g/mol. The average molecular weight is 337 g/mol. The summed E-state index contributed by atoms with van der Waals surface area (Å²) in [4.78, 5) is 12.9. The fraction of sp³-hybridized carbons (Fsp3) is 0.588. The monoisotopic (exact) mass is 337 g/mol. The number of nitrogens with one attached hydrogen (secondary N) is 1. The quantitative estimate of drug-likeness (QED) is 0.900. The summed E-state index contributed by atoms with van der Waals surface area (Å²) in [7, 11) is -2.99. The number of hydrogen-bond acceptors (Lipinski definition) is 4.